The van der Waals surface area contributed by atoms with Gasteiger partial charge in [-0.05, 0) is 24.1 Å². The van der Waals surface area contributed by atoms with Crippen LogP contribution in [0.1, 0.15) is 23.6 Å². The summed E-state index contributed by atoms with van der Waals surface area (Å²) in [5.74, 6) is 1.29. The van der Waals surface area contributed by atoms with Gasteiger partial charge < -0.3 is 10.1 Å². The number of anilines is 1. The minimum absolute atomic E-state index is 0.402. The fourth-order valence-electron chi connectivity index (χ4n) is 2.41. The van der Waals surface area contributed by atoms with Crippen LogP contribution in [0.2, 0.25) is 0 Å². The lowest BCUT2D eigenvalue weighted by Gasteiger charge is -2.26. The first-order chi connectivity index (χ1) is 8.38. The molecule has 2 N–H and O–H groups in total. The molecule has 0 radical (unpaired) electrons. The lowest BCUT2D eigenvalue weighted by molar-refractivity contribution is 0.414. The predicted molar refractivity (Wildman–Crippen MR) is 66.5 cm³/mol. The summed E-state index contributed by atoms with van der Waals surface area (Å²) in [6.07, 6.45) is 2.89. The van der Waals surface area contributed by atoms with Gasteiger partial charge in [0.2, 0.25) is 0 Å². The highest BCUT2D eigenvalue weighted by Gasteiger charge is 2.22. The van der Waals surface area contributed by atoms with E-state index in [9.17, 15) is 0 Å². The summed E-state index contributed by atoms with van der Waals surface area (Å²) in [5.41, 5.74) is 3.65. The normalized spacial score (nSPS) is 18.3. The smallest absolute Gasteiger partial charge is 0.120 e. The van der Waals surface area contributed by atoms with E-state index in [0.29, 0.717) is 5.92 Å². The van der Waals surface area contributed by atoms with Crippen molar-refractivity contribution in [1.82, 2.24) is 10.2 Å². The SMILES string of the molecule is COc1ccc2c(c1)NCCC2c1ccn[nH]1. The number of nitrogens with one attached hydrogen (secondary N) is 2. The van der Waals surface area contributed by atoms with E-state index >= 15 is 0 Å². The first-order valence-corrected chi connectivity index (χ1v) is 5.79. The highest BCUT2D eigenvalue weighted by atomic mass is 16.5. The van der Waals surface area contributed by atoms with Crippen LogP contribution in [-0.2, 0) is 0 Å². The summed E-state index contributed by atoms with van der Waals surface area (Å²) in [6, 6.07) is 8.24. The van der Waals surface area contributed by atoms with Crippen LogP contribution in [0.5, 0.6) is 5.75 Å². The van der Waals surface area contributed by atoms with Crippen LogP contribution in [-0.4, -0.2) is 23.9 Å². The van der Waals surface area contributed by atoms with Crippen molar-refractivity contribution in [2.45, 2.75) is 12.3 Å². The Morgan fingerprint density at radius 3 is 3.06 bits per heavy atom. The first-order valence-electron chi connectivity index (χ1n) is 5.79. The molecule has 2 heterocycles. The molecule has 17 heavy (non-hydrogen) atoms. The number of benzene rings is 1. The van der Waals surface area contributed by atoms with Crippen molar-refractivity contribution in [3.05, 3.63) is 41.7 Å². The predicted octanol–water partition coefficient (Wildman–Crippen LogP) is 2.37. The summed E-state index contributed by atoms with van der Waals surface area (Å²) < 4.78 is 5.25. The summed E-state index contributed by atoms with van der Waals surface area (Å²) in [4.78, 5) is 0. The van der Waals surface area contributed by atoms with Gasteiger partial charge in [0.15, 0.2) is 0 Å². The van der Waals surface area contributed by atoms with Gasteiger partial charge in [-0.3, -0.25) is 5.10 Å². The van der Waals surface area contributed by atoms with Crippen molar-refractivity contribution in [2.24, 2.45) is 0 Å². The van der Waals surface area contributed by atoms with Gasteiger partial charge in [-0.2, -0.15) is 5.10 Å². The van der Waals surface area contributed by atoms with Gasteiger partial charge in [-0.1, -0.05) is 6.07 Å². The number of H-pyrrole nitrogens is 1. The Morgan fingerprint density at radius 1 is 1.35 bits per heavy atom. The molecular formula is C13H15N3O. The highest BCUT2D eigenvalue weighted by molar-refractivity contribution is 5.59. The quantitative estimate of drug-likeness (QED) is 0.831. The second-order valence-electron chi connectivity index (χ2n) is 4.23. The molecule has 0 saturated carbocycles. The number of methoxy groups -OCH3 is 1. The van der Waals surface area contributed by atoms with Crippen LogP contribution in [0.3, 0.4) is 0 Å². The summed E-state index contributed by atoms with van der Waals surface area (Å²) in [5, 5.41) is 10.5. The average molecular weight is 229 g/mol. The average Bonchev–Trinajstić information content (AvgIpc) is 2.91. The Balaban J connectivity index is 2.02. The van der Waals surface area contributed by atoms with E-state index in [2.05, 4.69) is 27.6 Å². The molecule has 4 heteroatoms. The molecule has 0 bridgehead atoms. The number of fused-ring (bicyclic) bond motifs is 1. The zero-order valence-electron chi connectivity index (χ0n) is 9.73. The molecule has 1 aliphatic rings. The third-order valence-corrected chi connectivity index (χ3v) is 3.28. The molecule has 1 aromatic carbocycles. The monoisotopic (exact) mass is 229 g/mol. The number of rotatable bonds is 2. The van der Waals surface area contributed by atoms with Gasteiger partial charge in [0, 0.05) is 36.1 Å². The molecule has 0 fully saturated rings. The Labute approximate surface area is 100 Å². The Bertz CT molecular complexity index is 507. The van der Waals surface area contributed by atoms with Crippen molar-refractivity contribution >= 4 is 5.69 Å². The first kappa shape index (κ1) is 10.2. The standard InChI is InChI=1S/C13H15N3O/c1-17-9-2-3-10-11(12-5-7-15-16-12)4-6-14-13(10)8-9/h2-3,5,7-8,11,14H,4,6H2,1H3,(H,15,16). The van der Waals surface area contributed by atoms with Crippen LogP contribution in [0.4, 0.5) is 5.69 Å². The molecule has 2 aromatic rings. The molecule has 4 nitrogen and oxygen atoms in total. The van der Waals surface area contributed by atoms with Crippen LogP contribution >= 0.6 is 0 Å². The Morgan fingerprint density at radius 2 is 2.29 bits per heavy atom. The maximum Gasteiger partial charge on any atom is 0.120 e. The van der Waals surface area contributed by atoms with E-state index < -0.39 is 0 Å². The van der Waals surface area contributed by atoms with Crippen molar-refractivity contribution in [3.8, 4) is 5.75 Å². The maximum absolute atomic E-state index is 5.25. The molecule has 0 saturated heterocycles. The molecule has 1 aliphatic heterocycles. The van der Waals surface area contributed by atoms with Crippen molar-refractivity contribution in [1.29, 1.82) is 0 Å². The van der Waals surface area contributed by atoms with Crippen LogP contribution < -0.4 is 10.1 Å². The van der Waals surface area contributed by atoms with Crippen LogP contribution in [0.25, 0.3) is 0 Å². The van der Waals surface area contributed by atoms with E-state index in [1.807, 2.05) is 12.1 Å². The van der Waals surface area contributed by atoms with Gasteiger partial charge >= 0.3 is 0 Å². The fraction of sp³-hybridized carbons (Fsp3) is 0.308. The minimum Gasteiger partial charge on any atom is -0.497 e. The molecular weight excluding hydrogens is 214 g/mol. The molecule has 3 rings (SSSR count). The van der Waals surface area contributed by atoms with Crippen molar-refractivity contribution in [3.63, 3.8) is 0 Å². The Hall–Kier alpha value is -1.97. The largest absolute Gasteiger partial charge is 0.497 e. The molecule has 1 atom stereocenters. The molecule has 1 aromatic heterocycles. The van der Waals surface area contributed by atoms with Gasteiger partial charge in [-0.25, -0.2) is 0 Å². The van der Waals surface area contributed by atoms with Crippen molar-refractivity contribution in [2.75, 3.05) is 19.0 Å². The number of hydrogen-bond acceptors (Lipinski definition) is 3. The number of ether oxygens (including phenoxy) is 1. The zero-order valence-corrected chi connectivity index (χ0v) is 9.73. The van der Waals surface area contributed by atoms with E-state index in [-0.39, 0.29) is 0 Å². The summed E-state index contributed by atoms with van der Waals surface area (Å²) in [6.45, 7) is 0.976. The van der Waals surface area contributed by atoms with Crippen molar-refractivity contribution < 1.29 is 4.74 Å². The molecule has 0 spiro atoms. The van der Waals surface area contributed by atoms with E-state index in [1.54, 1.807) is 13.3 Å². The van der Waals surface area contributed by atoms with Gasteiger partial charge in [0.1, 0.15) is 5.75 Å². The fourth-order valence-corrected chi connectivity index (χ4v) is 2.41. The number of hydrogen-bond donors (Lipinski definition) is 2. The van der Waals surface area contributed by atoms with E-state index in [1.165, 1.54) is 11.3 Å². The van der Waals surface area contributed by atoms with Gasteiger partial charge in [-0.15, -0.1) is 0 Å². The second-order valence-corrected chi connectivity index (χ2v) is 4.23. The highest BCUT2D eigenvalue weighted by Crippen LogP contribution is 2.37. The van der Waals surface area contributed by atoms with E-state index in [0.717, 1.165) is 24.4 Å². The third-order valence-electron chi connectivity index (χ3n) is 3.28. The summed E-state index contributed by atoms with van der Waals surface area (Å²) in [7, 11) is 1.69. The molecule has 0 amide bonds. The van der Waals surface area contributed by atoms with Crippen LogP contribution in [0.15, 0.2) is 30.5 Å². The van der Waals surface area contributed by atoms with Gasteiger partial charge in [0.05, 0.1) is 7.11 Å². The third kappa shape index (κ3) is 1.75. The number of aromatic amines is 1. The molecule has 0 aliphatic carbocycles. The topological polar surface area (TPSA) is 49.9 Å². The Kier molecular flexibility index (Phi) is 2.48. The van der Waals surface area contributed by atoms with Crippen LogP contribution in [0, 0.1) is 0 Å². The summed E-state index contributed by atoms with van der Waals surface area (Å²) >= 11 is 0. The maximum atomic E-state index is 5.25. The molecule has 1 unspecified atom stereocenters. The second kappa shape index (κ2) is 4.13. The zero-order chi connectivity index (χ0) is 11.7. The van der Waals surface area contributed by atoms with E-state index in [4.69, 9.17) is 4.74 Å². The number of nitrogens with zero attached hydrogens (tertiary/aromatic N) is 1. The lowest BCUT2D eigenvalue weighted by Crippen LogP contribution is -2.17. The molecule has 88 valence electrons. The van der Waals surface area contributed by atoms with Gasteiger partial charge in [0.25, 0.3) is 0 Å². The number of aromatic nitrogens is 2. The minimum atomic E-state index is 0.402. The lowest BCUT2D eigenvalue weighted by atomic mass is 9.88.